The van der Waals surface area contributed by atoms with Gasteiger partial charge in [-0.1, -0.05) is 43.7 Å². The standard InChI is InChI=1S/C16H23NO2/c1-2-6-15(13-7-4-3-5-8-13)17-11-9-14(10-12-17)16(18)19/h3-5,7-8,14-15H,2,6,9-12H2,1H3,(H,18,19). The Kier molecular flexibility index (Phi) is 4.97. The topological polar surface area (TPSA) is 40.5 Å². The minimum absolute atomic E-state index is 0.144. The number of likely N-dealkylation sites (tertiary alicyclic amines) is 1. The second-order valence-corrected chi connectivity index (χ2v) is 5.36. The van der Waals surface area contributed by atoms with Gasteiger partial charge in [0.25, 0.3) is 0 Å². The fraction of sp³-hybridized carbons (Fsp3) is 0.562. The lowest BCUT2D eigenvalue weighted by Gasteiger charge is -2.36. The van der Waals surface area contributed by atoms with Crippen LogP contribution >= 0.6 is 0 Å². The van der Waals surface area contributed by atoms with Crippen molar-refractivity contribution in [3.05, 3.63) is 35.9 Å². The van der Waals surface area contributed by atoms with Crippen LogP contribution in [-0.2, 0) is 4.79 Å². The van der Waals surface area contributed by atoms with Gasteiger partial charge in [-0.05, 0) is 37.9 Å². The zero-order valence-electron chi connectivity index (χ0n) is 11.6. The number of aliphatic carboxylic acids is 1. The predicted octanol–water partition coefficient (Wildman–Crippen LogP) is 3.32. The molecule has 3 nitrogen and oxygen atoms in total. The first-order valence-corrected chi connectivity index (χ1v) is 7.24. The van der Waals surface area contributed by atoms with Gasteiger partial charge in [-0.3, -0.25) is 9.69 Å². The molecule has 1 fully saturated rings. The van der Waals surface area contributed by atoms with Crippen molar-refractivity contribution in [3.63, 3.8) is 0 Å². The first-order valence-electron chi connectivity index (χ1n) is 7.24. The van der Waals surface area contributed by atoms with E-state index in [0.717, 1.165) is 38.8 Å². The normalized spacial score (nSPS) is 19.2. The summed E-state index contributed by atoms with van der Waals surface area (Å²) in [7, 11) is 0. The van der Waals surface area contributed by atoms with E-state index in [1.165, 1.54) is 5.56 Å². The molecule has 19 heavy (non-hydrogen) atoms. The average molecular weight is 261 g/mol. The highest BCUT2D eigenvalue weighted by molar-refractivity contribution is 5.70. The smallest absolute Gasteiger partial charge is 0.306 e. The lowest BCUT2D eigenvalue weighted by molar-refractivity contribution is -0.143. The van der Waals surface area contributed by atoms with E-state index in [2.05, 4.69) is 36.1 Å². The zero-order chi connectivity index (χ0) is 13.7. The molecule has 1 saturated heterocycles. The Morgan fingerprint density at radius 3 is 2.47 bits per heavy atom. The van der Waals surface area contributed by atoms with E-state index < -0.39 is 5.97 Å². The van der Waals surface area contributed by atoms with Gasteiger partial charge in [0.15, 0.2) is 0 Å². The molecule has 1 heterocycles. The fourth-order valence-electron chi connectivity index (χ4n) is 2.97. The molecule has 1 aromatic carbocycles. The van der Waals surface area contributed by atoms with Crippen molar-refractivity contribution in [1.29, 1.82) is 0 Å². The minimum Gasteiger partial charge on any atom is -0.481 e. The fourth-order valence-corrected chi connectivity index (χ4v) is 2.97. The van der Waals surface area contributed by atoms with Gasteiger partial charge in [0, 0.05) is 6.04 Å². The zero-order valence-corrected chi connectivity index (χ0v) is 11.6. The largest absolute Gasteiger partial charge is 0.481 e. The Hall–Kier alpha value is -1.35. The van der Waals surface area contributed by atoms with E-state index in [9.17, 15) is 4.79 Å². The van der Waals surface area contributed by atoms with Gasteiger partial charge in [0.05, 0.1) is 5.92 Å². The third kappa shape index (κ3) is 3.57. The highest BCUT2D eigenvalue weighted by atomic mass is 16.4. The van der Waals surface area contributed by atoms with Gasteiger partial charge in [-0.2, -0.15) is 0 Å². The van der Waals surface area contributed by atoms with Gasteiger partial charge in [0.1, 0.15) is 0 Å². The highest BCUT2D eigenvalue weighted by Crippen LogP contribution is 2.30. The Labute approximate surface area is 115 Å². The van der Waals surface area contributed by atoms with Gasteiger partial charge < -0.3 is 5.11 Å². The van der Waals surface area contributed by atoms with E-state index >= 15 is 0 Å². The summed E-state index contributed by atoms with van der Waals surface area (Å²) < 4.78 is 0. The minimum atomic E-state index is -0.633. The Balaban J connectivity index is 2.03. The molecule has 0 aliphatic carbocycles. The van der Waals surface area contributed by atoms with E-state index in [1.807, 2.05) is 6.07 Å². The van der Waals surface area contributed by atoms with Gasteiger partial charge in [-0.25, -0.2) is 0 Å². The third-order valence-electron chi connectivity index (χ3n) is 4.07. The van der Waals surface area contributed by atoms with Gasteiger partial charge in [0.2, 0.25) is 0 Å². The van der Waals surface area contributed by atoms with Crippen LogP contribution in [-0.4, -0.2) is 29.1 Å². The third-order valence-corrected chi connectivity index (χ3v) is 4.07. The summed E-state index contributed by atoms with van der Waals surface area (Å²) in [5.74, 6) is -0.777. The SMILES string of the molecule is CCCC(c1ccccc1)N1CCC(C(=O)O)CC1. The van der Waals surface area contributed by atoms with Gasteiger partial charge >= 0.3 is 5.97 Å². The van der Waals surface area contributed by atoms with Crippen molar-refractivity contribution in [2.75, 3.05) is 13.1 Å². The van der Waals surface area contributed by atoms with Crippen LogP contribution in [0.2, 0.25) is 0 Å². The molecule has 0 saturated carbocycles. The first kappa shape index (κ1) is 14.1. The van der Waals surface area contributed by atoms with Crippen LogP contribution in [0.3, 0.4) is 0 Å². The quantitative estimate of drug-likeness (QED) is 0.884. The summed E-state index contributed by atoms with van der Waals surface area (Å²) >= 11 is 0. The van der Waals surface area contributed by atoms with Crippen molar-refractivity contribution in [1.82, 2.24) is 4.90 Å². The number of hydrogen-bond donors (Lipinski definition) is 1. The van der Waals surface area contributed by atoms with E-state index in [0.29, 0.717) is 6.04 Å². The summed E-state index contributed by atoms with van der Waals surface area (Å²) in [5, 5.41) is 9.06. The van der Waals surface area contributed by atoms with Gasteiger partial charge in [-0.15, -0.1) is 0 Å². The molecular weight excluding hydrogens is 238 g/mol. The molecule has 3 heteroatoms. The first-order chi connectivity index (χ1) is 9.22. The highest BCUT2D eigenvalue weighted by Gasteiger charge is 2.28. The molecule has 1 aliphatic heterocycles. The molecule has 1 aromatic rings. The number of carboxylic acid groups (broad SMARTS) is 1. The summed E-state index contributed by atoms with van der Waals surface area (Å²) in [5.41, 5.74) is 1.36. The second-order valence-electron chi connectivity index (χ2n) is 5.36. The maximum Gasteiger partial charge on any atom is 0.306 e. The van der Waals surface area contributed by atoms with Crippen LogP contribution in [0.5, 0.6) is 0 Å². The molecular formula is C16H23NO2. The van der Waals surface area contributed by atoms with Crippen LogP contribution < -0.4 is 0 Å². The van der Waals surface area contributed by atoms with Crippen LogP contribution in [0.25, 0.3) is 0 Å². The molecule has 1 aliphatic rings. The maximum absolute atomic E-state index is 11.0. The Morgan fingerprint density at radius 1 is 1.32 bits per heavy atom. The van der Waals surface area contributed by atoms with E-state index in [4.69, 9.17) is 5.11 Å². The maximum atomic E-state index is 11.0. The number of nitrogens with zero attached hydrogens (tertiary/aromatic N) is 1. The monoisotopic (exact) mass is 261 g/mol. The number of carbonyl (C=O) groups is 1. The number of piperidine rings is 1. The Morgan fingerprint density at radius 2 is 1.95 bits per heavy atom. The van der Waals surface area contributed by atoms with E-state index in [-0.39, 0.29) is 5.92 Å². The Bertz CT molecular complexity index is 396. The van der Waals surface area contributed by atoms with Crippen LogP contribution in [0.1, 0.15) is 44.2 Å². The lowest BCUT2D eigenvalue weighted by atomic mass is 9.93. The van der Waals surface area contributed by atoms with Crippen LogP contribution in [0, 0.1) is 5.92 Å². The van der Waals surface area contributed by atoms with E-state index in [1.54, 1.807) is 0 Å². The second kappa shape index (κ2) is 6.71. The van der Waals surface area contributed by atoms with Crippen molar-refractivity contribution < 1.29 is 9.90 Å². The molecule has 0 aromatic heterocycles. The van der Waals surface area contributed by atoms with Crippen LogP contribution in [0.4, 0.5) is 0 Å². The average Bonchev–Trinajstić information content (AvgIpc) is 2.46. The summed E-state index contributed by atoms with van der Waals surface area (Å²) in [6.07, 6.45) is 3.85. The number of benzene rings is 1. The van der Waals surface area contributed by atoms with Crippen molar-refractivity contribution >= 4 is 5.97 Å². The number of carboxylic acids is 1. The molecule has 0 amide bonds. The molecule has 0 spiro atoms. The molecule has 1 atom stereocenters. The molecule has 0 radical (unpaired) electrons. The van der Waals surface area contributed by atoms with Crippen LogP contribution in [0.15, 0.2) is 30.3 Å². The molecule has 1 N–H and O–H groups in total. The number of rotatable bonds is 5. The van der Waals surface area contributed by atoms with Crippen molar-refractivity contribution in [2.45, 2.75) is 38.6 Å². The molecule has 2 rings (SSSR count). The summed E-state index contributed by atoms with van der Waals surface area (Å²) in [6, 6.07) is 11.0. The number of hydrogen-bond acceptors (Lipinski definition) is 2. The molecule has 104 valence electrons. The molecule has 0 bridgehead atoms. The summed E-state index contributed by atoms with van der Waals surface area (Å²) in [6.45, 7) is 4.01. The molecule has 1 unspecified atom stereocenters. The van der Waals surface area contributed by atoms with Crippen molar-refractivity contribution in [3.8, 4) is 0 Å². The lowest BCUT2D eigenvalue weighted by Crippen LogP contribution is -2.38. The summed E-state index contributed by atoms with van der Waals surface area (Å²) in [4.78, 5) is 13.5. The van der Waals surface area contributed by atoms with Crippen molar-refractivity contribution in [2.24, 2.45) is 5.92 Å². The predicted molar refractivity (Wildman–Crippen MR) is 76.0 cm³/mol.